The molecule has 0 saturated carbocycles. The second-order valence-corrected chi connectivity index (χ2v) is 8.18. The van der Waals surface area contributed by atoms with Crippen LogP contribution in [0, 0.1) is 0 Å². The number of piperidine rings is 1. The van der Waals surface area contributed by atoms with E-state index in [0.717, 1.165) is 25.7 Å². The van der Waals surface area contributed by atoms with Crippen LogP contribution in [0.3, 0.4) is 0 Å². The van der Waals surface area contributed by atoms with Crippen molar-refractivity contribution in [1.82, 2.24) is 10.6 Å². The molecule has 0 aliphatic carbocycles. The maximum atomic E-state index is 13.0. The molecule has 2 rings (SSSR count). The third kappa shape index (κ3) is 6.37. The van der Waals surface area contributed by atoms with Crippen molar-refractivity contribution in [3.8, 4) is 0 Å². The lowest BCUT2D eigenvalue weighted by Crippen LogP contribution is -2.61. The van der Waals surface area contributed by atoms with Crippen LogP contribution in [0.2, 0.25) is 0 Å². The number of carbonyl (C=O) groups is 4. The van der Waals surface area contributed by atoms with Crippen LogP contribution in [0.5, 0.6) is 0 Å². The molecule has 1 aliphatic heterocycles. The second-order valence-electron chi connectivity index (χ2n) is 8.18. The fraction of sp³-hybridized carbons (Fsp3) is 0.565. The number of Topliss-reactive ketones (excluding diaryl/α,β-unsaturated/α-hetero) is 1. The Balaban J connectivity index is 2.23. The van der Waals surface area contributed by atoms with Crippen LogP contribution >= 0.6 is 0 Å². The van der Waals surface area contributed by atoms with Crippen molar-refractivity contribution in [3.63, 3.8) is 0 Å². The number of rotatable bonds is 11. The topological polar surface area (TPSA) is 125 Å². The third-order valence-corrected chi connectivity index (χ3v) is 5.56. The molecule has 2 atom stereocenters. The van der Waals surface area contributed by atoms with Crippen molar-refractivity contribution in [2.45, 2.75) is 83.9 Å². The van der Waals surface area contributed by atoms with E-state index in [4.69, 9.17) is 0 Å². The zero-order chi connectivity index (χ0) is 23.0. The Hall–Kier alpha value is -2.74. The number of imide groups is 1. The van der Waals surface area contributed by atoms with Crippen LogP contribution in [0.15, 0.2) is 18.2 Å². The lowest BCUT2D eigenvalue weighted by Gasteiger charge is -2.32. The minimum atomic E-state index is -1.25. The van der Waals surface area contributed by atoms with Gasteiger partial charge in [-0.3, -0.25) is 24.5 Å². The van der Waals surface area contributed by atoms with Gasteiger partial charge in [-0.05, 0) is 38.3 Å². The summed E-state index contributed by atoms with van der Waals surface area (Å²) in [7, 11) is 0. The van der Waals surface area contributed by atoms with E-state index >= 15 is 0 Å². The first-order valence-corrected chi connectivity index (χ1v) is 11.0. The molecule has 2 unspecified atom stereocenters. The predicted octanol–water partition coefficient (Wildman–Crippen LogP) is 2.91. The van der Waals surface area contributed by atoms with Gasteiger partial charge in [0.25, 0.3) is 11.8 Å². The number of anilines is 1. The fourth-order valence-electron chi connectivity index (χ4n) is 3.60. The van der Waals surface area contributed by atoms with E-state index in [1.165, 1.54) is 6.07 Å². The number of nitrogens with one attached hydrogen (secondary N) is 3. The van der Waals surface area contributed by atoms with Crippen LogP contribution in [0.4, 0.5) is 5.69 Å². The summed E-state index contributed by atoms with van der Waals surface area (Å²) in [4.78, 5) is 49.4. The van der Waals surface area contributed by atoms with E-state index in [9.17, 15) is 24.3 Å². The van der Waals surface area contributed by atoms with Gasteiger partial charge in [-0.25, -0.2) is 0 Å². The first-order chi connectivity index (χ1) is 14.7. The van der Waals surface area contributed by atoms with Gasteiger partial charge in [0, 0.05) is 18.5 Å². The molecule has 170 valence electrons. The lowest BCUT2D eigenvalue weighted by molar-refractivity contribution is -0.137. The maximum absolute atomic E-state index is 13.0. The number of benzene rings is 1. The highest BCUT2D eigenvalue weighted by molar-refractivity contribution is 6.13. The average molecular weight is 432 g/mol. The highest BCUT2D eigenvalue weighted by Gasteiger charge is 2.40. The van der Waals surface area contributed by atoms with Crippen LogP contribution in [-0.2, 0) is 9.59 Å². The summed E-state index contributed by atoms with van der Waals surface area (Å²) in [6, 6.07) is 4.80. The molecule has 1 aromatic rings. The molecule has 1 saturated heterocycles. The quantitative estimate of drug-likeness (QED) is 0.185. The molecule has 1 aromatic carbocycles. The number of carbonyl (C=O) groups excluding carboxylic acids is 4. The van der Waals surface area contributed by atoms with Crippen molar-refractivity contribution in [2.75, 3.05) is 5.32 Å². The lowest BCUT2D eigenvalue weighted by atomic mass is 9.90. The molecular weight excluding hydrogens is 398 g/mol. The van der Waals surface area contributed by atoms with Crippen molar-refractivity contribution in [2.24, 2.45) is 0 Å². The third-order valence-electron chi connectivity index (χ3n) is 5.56. The van der Waals surface area contributed by atoms with Crippen molar-refractivity contribution in [1.29, 1.82) is 0 Å². The molecule has 8 heteroatoms. The highest BCUT2D eigenvalue weighted by atomic mass is 16.3. The molecule has 4 N–H and O–H groups in total. The van der Waals surface area contributed by atoms with Gasteiger partial charge in [0.2, 0.25) is 5.91 Å². The molecule has 31 heavy (non-hydrogen) atoms. The van der Waals surface area contributed by atoms with E-state index in [1.807, 2.05) is 0 Å². The van der Waals surface area contributed by atoms with Crippen LogP contribution in [0.1, 0.15) is 92.9 Å². The highest BCUT2D eigenvalue weighted by Crippen LogP contribution is 2.25. The van der Waals surface area contributed by atoms with Gasteiger partial charge in [0.1, 0.15) is 11.8 Å². The molecule has 0 spiro atoms. The van der Waals surface area contributed by atoms with Crippen LogP contribution in [0.25, 0.3) is 0 Å². The second kappa shape index (κ2) is 11.0. The Bertz CT molecular complexity index is 839. The van der Waals surface area contributed by atoms with Gasteiger partial charge in [-0.2, -0.15) is 0 Å². The summed E-state index contributed by atoms with van der Waals surface area (Å²) in [5, 5.41) is 18.2. The SMILES string of the molecule is CCCCCCC(O)Nc1cccc(C(=O)NC2(C)CCC(=O)NC2=O)c1C(=O)CC. The van der Waals surface area contributed by atoms with E-state index in [1.54, 1.807) is 26.0 Å². The molecule has 0 aromatic heterocycles. The Labute approximate surface area is 183 Å². The number of hydrogen-bond donors (Lipinski definition) is 4. The molecule has 1 fully saturated rings. The first-order valence-electron chi connectivity index (χ1n) is 11.0. The summed E-state index contributed by atoms with van der Waals surface area (Å²) in [6.45, 7) is 5.36. The van der Waals surface area contributed by atoms with Gasteiger partial charge in [-0.1, -0.05) is 39.2 Å². The van der Waals surface area contributed by atoms with Crippen LogP contribution in [-0.4, -0.2) is 40.4 Å². The van der Waals surface area contributed by atoms with E-state index in [-0.39, 0.29) is 42.1 Å². The summed E-state index contributed by atoms with van der Waals surface area (Å²) in [5.74, 6) is -1.78. The standard InChI is InChI=1S/C23H33N3O5/c1-4-6-7-8-12-18(28)24-16-11-9-10-15(20(16)17(27)5-2)21(30)26-23(3)14-13-19(29)25-22(23)31/h9-11,18,24,28H,4-8,12-14H2,1-3H3,(H,26,30)(H,25,29,31). The molecule has 0 radical (unpaired) electrons. The summed E-state index contributed by atoms with van der Waals surface area (Å²) in [6.07, 6.45) is 4.23. The molecule has 8 nitrogen and oxygen atoms in total. The van der Waals surface area contributed by atoms with Gasteiger partial charge in [-0.15, -0.1) is 0 Å². The Morgan fingerprint density at radius 1 is 1.19 bits per heavy atom. The van der Waals surface area contributed by atoms with E-state index < -0.39 is 23.6 Å². The number of unbranched alkanes of at least 4 members (excludes halogenated alkanes) is 3. The van der Waals surface area contributed by atoms with Crippen molar-refractivity contribution >= 4 is 29.2 Å². The zero-order valence-corrected chi connectivity index (χ0v) is 18.5. The summed E-state index contributed by atoms with van der Waals surface area (Å²) >= 11 is 0. The van der Waals surface area contributed by atoms with Crippen molar-refractivity contribution in [3.05, 3.63) is 29.3 Å². The Morgan fingerprint density at radius 3 is 2.58 bits per heavy atom. The Morgan fingerprint density at radius 2 is 1.94 bits per heavy atom. The first kappa shape index (κ1) is 24.5. The number of ketones is 1. The van der Waals surface area contributed by atoms with Gasteiger partial charge in [0.15, 0.2) is 5.78 Å². The molecule has 1 aliphatic rings. The monoisotopic (exact) mass is 431 g/mol. The fourth-order valence-corrected chi connectivity index (χ4v) is 3.60. The molecule has 0 bridgehead atoms. The molecular formula is C23H33N3O5. The normalized spacial score (nSPS) is 19.5. The van der Waals surface area contributed by atoms with Crippen LogP contribution < -0.4 is 16.0 Å². The maximum Gasteiger partial charge on any atom is 0.252 e. The van der Waals surface area contributed by atoms with E-state index in [2.05, 4.69) is 22.9 Å². The number of hydrogen-bond acceptors (Lipinski definition) is 6. The minimum absolute atomic E-state index is 0.120. The number of amides is 3. The van der Waals surface area contributed by atoms with Gasteiger partial charge >= 0.3 is 0 Å². The summed E-state index contributed by atoms with van der Waals surface area (Å²) in [5.41, 5.74) is -0.553. The number of aliphatic hydroxyl groups excluding tert-OH is 1. The smallest absolute Gasteiger partial charge is 0.252 e. The largest absolute Gasteiger partial charge is 0.374 e. The molecule has 1 heterocycles. The van der Waals surface area contributed by atoms with E-state index in [0.29, 0.717) is 12.1 Å². The van der Waals surface area contributed by atoms with Crippen molar-refractivity contribution < 1.29 is 24.3 Å². The summed E-state index contributed by atoms with van der Waals surface area (Å²) < 4.78 is 0. The zero-order valence-electron chi connectivity index (χ0n) is 18.5. The number of aliphatic hydroxyl groups is 1. The minimum Gasteiger partial charge on any atom is -0.374 e. The average Bonchev–Trinajstić information content (AvgIpc) is 2.73. The van der Waals surface area contributed by atoms with Gasteiger partial charge < -0.3 is 15.7 Å². The Kier molecular flexibility index (Phi) is 8.74. The predicted molar refractivity (Wildman–Crippen MR) is 118 cm³/mol. The van der Waals surface area contributed by atoms with Gasteiger partial charge in [0.05, 0.1) is 11.1 Å². The molecule has 3 amide bonds.